The first kappa shape index (κ1) is 13.4. The van der Waals surface area contributed by atoms with Crippen LogP contribution in [0.3, 0.4) is 0 Å². The summed E-state index contributed by atoms with van der Waals surface area (Å²) in [7, 11) is 0. The van der Waals surface area contributed by atoms with Crippen molar-refractivity contribution in [1.29, 1.82) is 0 Å². The first-order valence-electron chi connectivity index (χ1n) is 7.03. The van der Waals surface area contributed by atoms with Gasteiger partial charge < -0.3 is 4.74 Å². The Morgan fingerprint density at radius 2 is 2.15 bits per heavy atom. The van der Waals surface area contributed by atoms with Gasteiger partial charge in [-0.05, 0) is 36.8 Å². The molecule has 0 aliphatic heterocycles. The van der Waals surface area contributed by atoms with E-state index in [9.17, 15) is 0 Å². The van der Waals surface area contributed by atoms with Gasteiger partial charge in [0.15, 0.2) is 0 Å². The predicted octanol–water partition coefficient (Wildman–Crippen LogP) is 4.15. The number of rotatable bonds is 3. The van der Waals surface area contributed by atoms with E-state index in [1.165, 1.54) is 17.5 Å². The molecule has 1 unspecified atom stereocenters. The first-order valence-corrected chi connectivity index (χ1v) is 7.41. The third-order valence-electron chi connectivity index (χ3n) is 3.78. The monoisotopic (exact) mass is 288 g/mol. The van der Waals surface area contributed by atoms with Gasteiger partial charge in [0.1, 0.15) is 17.6 Å². The van der Waals surface area contributed by atoms with Crippen molar-refractivity contribution in [2.45, 2.75) is 38.7 Å². The standard InChI is InChI=1S/C16H17ClN2O/c1-2-12-15(17)18-10-19-16(12)20-14-9-5-7-11-6-3-4-8-13(11)14/h3-4,6,8,10,14H,2,5,7,9H2,1H3. The summed E-state index contributed by atoms with van der Waals surface area (Å²) in [6.07, 6.45) is 5.58. The summed E-state index contributed by atoms with van der Waals surface area (Å²) in [4.78, 5) is 8.28. The quantitative estimate of drug-likeness (QED) is 0.796. The van der Waals surface area contributed by atoms with E-state index in [0.717, 1.165) is 31.2 Å². The summed E-state index contributed by atoms with van der Waals surface area (Å²) in [5.74, 6) is 0.620. The van der Waals surface area contributed by atoms with E-state index in [1.807, 2.05) is 6.92 Å². The molecule has 1 aromatic carbocycles. The zero-order chi connectivity index (χ0) is 13.9. The summed E-state index contributed by atoms with van der Waals surface area (Å²) >= 11 is 6.12. The Bertz CT molecular complexity index is 615. The molecule has 0 amide bonds. The summed E-state index contributed by atoms with van der Waals surface area (Å²) in [6.45, 7) is 2.03. The topological polar surface area (TPSA) is 35.0 Å². The van der Waals surface area contributed by atoms with E-state index in [0.29, 0.717) is 11.0 Å². The molecule has 0 saturated carbocycles. The average molecular weight is 289 g/mol. The molecule has 3 nitrogen and oxygen atoms in total. The Balaban J connectivity index is 1.91. The fourth-order valence-electron chi connectivity index (χ4n) is 2.74. The van der Waals surface area contributed by atoms with Gasteiger partial charge in [-0.3, -0.25) is 0 Å². The van der Waals surface area contributed by atoms with Gasteiger partial charge in [-0.1, -0.05) is 42.8 Å². The number of aryl methyl sites for hydroxylation is 1. The Labute approximate surface area is 124 Å². The number of hydrogen-bond donors (Lipinski definition) is 0. The fourth-order valence-corrected chi connectivity index (χ4v) is 3.00. The molecule has 1 aromatic heterocycles. The number of fused-ring (bicyclic) bond motifs is 1. The van der Waals surface area contributed by atoms with Crippen molar-refractivity contribution in [2.24, 2.45) is 0 Å². The van der Waals surface area contributed by atoms with Crippen molar-refractivity contribution >= 4 is 11.6 Å². The summed E-state index contributed by atoms with van der Waals surface area (Å²) < 4.78 is 6.15. The molecule has 1 atom stereocenters. The van der Waals surface area contributed by atoms with E-state index in [-0.39, 0.29) is 6.10 Å². The van der Waals surface area contributed by atoms with Crippen LogP contribution in [0.4, 0.5) is 0 Å². The molecule has 0 spiro atoms. The van der Waals surface area contributed by atoms with Gasteiger partial charge in [0.25, 0.3) is 0 Å². The van der Waals surface area contributed by atoms with Crippen LogP contribution >= 0.6 is 11.6 Å². The molecule has 1 heterocycles. The highest BCUT2D eigenvalue weighted by atomic mass is 35.5. The van der Waals surface area contributed by atoms with Crippen LogP contribution in [0.5, 0.6) is 5.88 Å². The van der Waals surface area contributed by atoms with E-state index < -0.39 is 0 Å². The van der Waals surface area contributed by atoms with Crippen molar-refractivity contribution in [1.82, 2.24) is 9.97 Å². The molecule has 104 valence electrons. The van der Waals surface area contributed by atoms with Crippen LogP contribution in [-0.4, -0.2) is 9.97 Å². The lowest BCUT2D eigenvalue weighted by molar-refractivity contribution is 0.173. The molecule has 0 radical (unpaired) electrons. The number of nitrogens with zero attached hydrogens (tertiary/aromatic N) is 2. The number of benzene rings is 1. The maximum atomic E-state index is 6.15. The van der Waals surface area contributed by atoms with E-state index >= 15 is 0 Å². The lowest BCUT2D eigenvalue weighted by Crippen LogP contribution is -2.16. The highest BCUT2D eigenvalue weighted by Gasteiger charge is 2.23. The van der Waals surface area contributed by atoms with Gasteiger partial charge in [0, 0.05) is 0 Å². The molecule has 2 aromatic rings. The molecule has 20 heavy (non-hydrogen) atoms. The lowest BCUT2D eigenvalue weighted by atomic mass is 9.89. The molecular formula is C16H17ClN2O. The number of halogens is 1. The molecule has 1 aliphatic carbocycles. The Kier molecular flexibility index (Phi) is 3.88. The van der Waals surface area contributed by atoms with Gasteiger partial charge in [-0.2, -0.15) is 0 Å². The summed E-state index contributed by atoms with van der Waals surface area (Å²) in [5, 5.41) is 0.488. The third kappa shape index (κ3) is 2.50. The fraction of sp³-hybridized carbons (Fsp3) is 0.375. The largest absolute Gasteiger partial charge is 0.469 e. The van der Waals surface area contributed by atoms with E-state index in [2.05, 4.69) is 34.2 Å². The van der Waals surface area contributed by atoms with E-state index in [1.54, 1.807) is 0 Å². The van der Waals surface area contributed by atoms with Crippen LogP contribution in [-0.2, 0) is 12.8 Å². The third-order valence-corrected chi connectivity index (χ3v) is 4.10. The summed E-state index contributed by atoms with van der Waals surface area (Å²) in [5.41, 5.74) is 3.54. The zero-order valence-electron chi connectivity index (χ0n) is 11.5. The normalized spacial score (nSPS) is 17.6. The summed E-state index contributed by atoms with van der Waals surface area (Å²) in [6, 6.07) is 8.47. The number of aromatic nitrogens is 2. The maximum Gasteiger partial charge on any atom is 0.221 e. The second-order valence-electron chi connectivity index (χ2n) is 5.00. The molecule has 0 bridgehead atoms. The highest BCUT2D eigenvalue weighted by molar-refractivity contribution is 6.30. The van der Waals surface area contributed by atoms with Crippen LogP contribution in [0, 0.1) is 0 Å². The van der Waals surface area contributed by atoms with Gasteiger partial charge >= 0.3 is 0 Å². The lowest BCUT2D eigenvalue weighted by Gasteiger charge is -2.26. The molecule has 0 fully saturated rings. The zero-order valence-corrected chi connectivity index (χ0v) is 12.2. The van der Waals surface area contributed by atoms with Crippen LogP contribution in [0.15, 0.2) is 30.6 Å². The van der Waals surface area contributed by atoms with Crippen molar-refractivity contribution < 1.29 is 4.74 Å². The SMILES string of the molecule is CCc1c(Cl)ncnc1OC1CCCc2ccccc21. The minimum atomic E-state index is 0.0659. The Morgan fingerprint density at radius 3 is 3.00 bits per heavy atom. The van der Waals surface area contributed by atoms with Gasteiger partial charge in [0.05, 0.1) is 5.56 Å². The minimum Gasteiger partial charge on any atom is -0.469 e. The molecule has 0 saturated heterocycles. The molecule has 4 heteroatoms. The van der Waals surface area contributed by atoms with Crippen LogP contribution < -0.4 is 4.74 Å². The first-order chi connectivity index (χ1) is 9.79. The minimum absolute atomic E-state index is 0.0659. The van der Waals surface area contributed by atoms with Gasteiger partial charge in [0.2, 0.25) is 5.88 Å². The number of ether oxygens (including phenoxy) is 1. The van der Waals surface area contributed by atoms with Gasteiger partial charge in [-0.15, -0.1) is 0 Å². The Morgan fingerprint density at radius 1 is 1.30 bits per heavy atom. The van der Waals surface area contributed by atoms with Crippen molar-refractivity contribution in [3.8, 4) is 5.88 Å². The van der Waals surface area contributed by atoms with Crippen LogP contribution in [0.1, 0.15) is 42.6 Å². The number of hydrogen-bond acceptors (Lipinski definition) is 3. The van der Waals surface area contributed by atoms with Crippen molar-refractivity contribution in [3.05, 3.63) is 52.4 Å². The molecule has 1 aliphatic rings. The van der Waals surface area contributed by atoms with Gasteiger partial charge in [-0.25, -0.2) is 9.97 Å². The smallest absolute Gasteiger partial charge is 0.221 e. The predicted molar refractivity (Wildman–Crippen MR) is 79.2 cm³/mol. The van der Waals surface area contributed by atoms with Crippen molar-refractivity contribution in [3.63, 3.8) is 0 Å². The Hall–Kier alpha value is -1.61. The molecule has 0 N–H and O–H groups in total. The second-order valence-corrected chi connectivity index (χ2v) is 5.36. The van der Waals surface area contributed by atoms with Crippen LogP contribution in [0.2, 0.25) is 5.15 Å². The van der Waals surface area contributed by atoms with Crippen LogP contribution in [0.25, 0.3) is 0 Å². The average Bonchev–Trinajstić information content (AvgIpc) is 2.48. The van der Waals surface area contributed by atoms with E-state index in [4.69, 9.17) is 16.3 Å². The highest BCUT2D eigenvalue weighted by Crippen LogP contribution is 2.34. The second kappa shape index (κ2) is 5.80. The molecule has 3 rings (SSSR count). The molecular weight excluding hydrogens is 272 g/mol. The van der Waals surface area contributed by atoms with Crippen molar-refractivity contribution in [2.75, 3.05) is 0 Å². The maximum absolute atomic E-state index is 6.15.